The molecule has 1 N–H and O–H groups in total. The summed E-state index contributed by atoms with van der Waals surface area (Å²) in [7, 11) is 0. The van der Waals surface area contributed by atoms with Crippen molar-refractivity contribution in [1.82, 2.24) is 14.9 Å². The molecule has 0 radical (unpaired) electrons. The van der Waals surface area contributed by atoms with Crippen LogP contribution in [-0.4, -0.2) is 52.9 Å². The molecular formula is C20H25N5O3S. The van der Waals surface area contributed by atoms with Crippen LogP contribution in [0.25, 0.3) is 0 Å². The lowest BCUT2D eigenvalue weighted by molar-refractivity contribution is 0.0233. The van der Waals surface area contributed by atoms with Gasteiger partial charge in [0.2, 0.25) is 0 Å². The van der Waals surface area contributed by atoms with Gasteiger partial charge in [-0.3, -0.25) is 0 Å². The number of rotatable bonds is 4. The highest BCUT2D eigenvalue weighted by atomic mass is 32.1. The van der Waals surface area contributed by atoms with Crippen molar-refractivity contribution in [3.63, 3.8) is 0 Å². The van der Waals surface area contributed by atoms with Crippen molar-refractivity contribution in [2.24, 2.45) is 5.92 Å². The number of hydrogen-bond acceptors (Lipinski definition) is 8. The summed E-state index contributed by atoms with van der Waals surface area (Å²) in [4.78, 5) is 23.2. The Morgan fingerprint density at radius 3 is 3.03 bits per heavy atom. The molecule has 9 heteroatoms. The maximum Gasteiger partial charge on any atom is 0.410 e. The third-order valence-corrected chi connectivity index (χ3v) is 5.01. The van der Waals surface area contributed by atoms with Gasteiger partial charge in [-0.15, -0.1) is 0 Å². The standard InChI is InChI=1S/C20H25N5O3S/c1-20(2,3)28-19(26)25-6-7-27-13-15(12-25)8-14-4-5-22-17(9-14)24-18-23-11-16(10-21)29-18/h4-5,9,11,15H,6-8,12-13H2,1-3H3,(H,22,23,24). The van der Waals surface area contributed by atoms with Crippen LogP contribution in [0.1, 0.15) is 31.2 Å². The summed E-state index contributed by atoms with van der Waals surface area (Å²) in [5.74, 6) is 0.824. The number of hydrogen-bond donors (Lipinski definition) is 1. The zero-order valence-corrected chi connectivity index (χ0v) is 17.7. The number of amides is 1. The van der Waals surface area contributed by atoms with E-state index in [0.29, 0.717) is 42.1 Å². The van der Waals surface area contributed by atoms with Gasteiger partial charge in [0.1, 0.15) is 22.4 Å². The summed E-state index contributed by atoms with van der Waals surface area (Å²) < 4.78 is 11.2. The first kappa shape index (κ1) is 21.0. The molecule has 1 fully saturated rings. The molecule has 29 heavy (non-hydrogen) atoms. The Labute approximate surface area is 174 Å². The van der Waals surface area contributed by atoms with Gasteiger partial charge in [-0.05, 0) is 44.9 Å². The van der Waals surface area contributed by atoms with E-state index in [4.69, 9.17) is 14.7 Å². The minimum atomic E-state index is -0.521. The van der Waals surface area contributed by atoms with Gasteiger partial charge in [-0.1, -0.05) is 11.3 Å². The second-order valence-electron chi connectivity index (χ2n) is 7.89. The van der Waals surface area contributed by atoms with E-state index in [1.807, 2.05) is 32.9 Å². The number of nitriles is 1. The smallest absolute Gasteiger partial charge is 0.410 e. The van der Waals surface area contributed by atoms with E-state index in [0.717, 1.165) is 12.0 Å². The molecule has 1 atom stereocenters. The van der Waals surface area contributed by atoms with Crippen molar-refractivity contribution >= 4 is 28.4 Å². The first-order valence-electron chi connectivity index (χ1n) is 9.46. The normalized spacial score (nSPS) is 17.3. The molecule has 1 aliphatic rings. The molecule has 2 aromatic rings. The first-order chi connectivity index (χ1) is 13.8. The lowest BCUT2D eigenvalue weighted by Gasteiger charge is -2.27. The molecule has 2 aromatic heterocycles. The fourth-order valence-corrected chi connectivity index (χ4v) is 3.61. The average Bonchev–Trinajstić information content (AvgIpc) is 2.97. The predicted octanol–water partition coefficient (Wildman–Crippen LogP) is 3.58. The second-order valence-corrected chi connectivity index (χ2v) is 8.92. The molecule has 3 rings (SSSR count). The van der Waals surface area contributed by atoms with Crippen LogP contribution in [0, 0.1) is 17.2 Å². The minimum absolute atomic E-state index is 0.158. The number of nitrogens with one attached hydrogen (secondary N) is 1. The monoisotopic (exact) mass is 415 g/mol. The van der Waals surface area contributed by atoms with Crippen molar-refractivity contribution in [2.45, 2.75) is 32.8 Å². The Balaban J connectivity index is 1.63. The van der Waals surface area contributed by atoms with Crippen molar-refractivity contribution in [3.8, 4) is 6.07 Å². The Hall–Kier alpha value is -2.70. The second kappa shape index (κ2) is 9.20. The van der Waals surface area contributed by atoms with Gasteiger partial charge in [0.05, 0.1) is 19.4 Å². The number of ether oxygens (including phenoxy) is 2. The highest BCUT2D eigenvalue weighted by molar-refractivity contribution is 7.16. The lowest BCUT2D eigenvalue weighted by Crippen LogP contribution is -2.40. The van der Waals surface area contributed by atoms with Crippen LogP contribution in [0.3, 0.4) is 0 Å². The third-order valence-electron chi connectivity index (χ3n) is 4.19. The van der Waals surface area contributed by atoms with Crippen LogP contribution in [0.4, 0.5) is 15.7 Å². The Morgan fingerprint density at radius 1 is 1.48 bits per heavy atom. The molecule has 8 nitrogen and oxygen atoms in total. The quantitative estimate of drug-likeness (QED) is 0.814. The van der Waals surface area contributed by atoms with Crippen LogP contribution < -0.4 is 5.32 Å². The summed E-state index contributed by atoms with van der Waals surface area (Å²) in [5, 5.41) is 12.7. The van der Waals surface area contributed by atoms with E-state index >= 15 is 0 Å². The summed E-state index contributed by atoms with van der Waals surface area (Å²) in [6.07, 6.45) is 3.71. The first-order valence-corrected chi connectivity index (χ1v) is 10.3. The molecule has 1 amide bonds. The lowest BCUT2D eigenvalue weighted by atomic mass is 10.0. The van der Waals surface area contributed by atoms with Crippen LogP contribution in [0.2, 0.25) is 0 Å². The SMILES string of the molecule is CC(C)(C)OC(=O)N1CCOCC(Cc2ccnc(Nc3ncc(C#N)s3)c2)C1. The number of carbonyl (C=O) groups excluding carboxylic acids is 1. The van der Waals surface area contributed by atoms with Gasteiger partial charge < -0.3 is 19.7 Å². The van der Waals surface area contributed by atoms with Gasteiger partial charge >= 0.3 is 6.09 Å². The molecule has 1 unspecified atom stereocenters. The molecule has 3 heterocycles. The molecule has 1 aliphatic heterocycles. The van der Waals surface area contributed by atoms with Crippen molar-refractivity contribution < 1.29 is 14.3 Å². The van der Waals surface area contributed by atoms with Crippen LogP contribution in [-0.2, 0) is 15.9 Å². The summed E-state index contributed by atoms with van der Waals surface area (Å²) in [6.45, 7) is 7.79. The van der Waals surface area contributed by atoms with E-state index in [1.165, 1.54) is 17.5 Å². The fraction of sp³-hybridized carbons (Fsp3) is 0.500. The molecule has 0 aromatic carbocycles. The van der Waals surface area contributed by atoms with Crippen molar-refractivity contribution in [2.75, 3.05) is 31.6 Å². The zero-order valence-electron chi connectivity index (χ0n) is 16.8. The van der Waals surface area contributed by atoms with Gasteiger partial charge in [-0.25, -0.2) is 14.8 Å². The van der Waals surface area contributed by atoms with Gasteiger partial charge in [-0.2, -0.15) is 5.26 Å². The Bertz CT molecular complexity index is 887. The molecule has 1 saturated heterocycles. The van der Waals surface area contributed by atoms with Crippen LogP contribution in [0.5, 0.6) is 0 Å². The van der Waals surface area contributed by atoms with E-state index in [-0.39, 0.29) is 12.0 Å². The highest BCUT2D eigenvalue weighted by Crippen LogP contribution is 2.22. The Kier molecular flexibility index (Phi) is 6.67. The fourth-order valence-electron chi connectivity index (χ4n) is 2.99. The number of thiazole rings is 1. The summed E-state index contributed by atoms with van der Waals surface area (Å²) >= 11 is 1.28. The van der Waals surface area contributed by atoms with E-state index in [2.05, 4.69) is 21.4 Å². The topological polar surface area (TPSA) is 100 Å². The maximum absolute atomic E-state index is 12.4. The zero-order chi connectivity index (χ0) is 20.9. The van der Waals surface area contributed by atoms with E-state index in [1.54, 1.807) is 11.1 Å². The number of carbonyl (C=O) groups is 1. The molecular weight excluding hydrogens is 390 g/mol. The maximum atomic E-state index is 12.4. The van der Waals surface area contributed by atoms with Gasteiger partial charge in [0.25, 0.3) is 0 Å². The molecule has 0 aliphatic carbocycles. The number of anilines is 2. The number of aromatic nitrogens is 2. The highest BCUT2D eigenvalue weighted by Gasteiger charge is 2.27. The Morgan fingerprint density at radius 2 is 2.31 bits per heavy atom. The molecule has 154 valence electrons. The largest absolute Gasteiger partial charge is 0.444 e. The number of pyridine rings is 1. The minimum Gasteiger partial charge on any atom is -0.444 e. The van der Waals surface area contributed by atoms with Crippen molar-refractivity contribution in [1.29, 1.82) is 5.26 Å². The molecule has 0 spiro atoms. The third kappa shape index (κ3) is 6.41. The molecule has 0 bridgehead atoms. The average molecular weight is 416 g/mol. The van der Waals surface area contributed by atoms with Gasteiger partial charge in [0, 0.05) is 25.2 Å². The van der Waals surface area contributed by atoms with Crippen LogP contribution in [0.15, 0.2) is 24.5 Å². The van der Waals surface area contributed by atoms with Gasteiger partial charge in [0.15, 0.2) is 5.13 Å². The van der Waals surface area contributed by atoms with E-state index < -0.39 is 5.60 Å². The van der Waals surface area contributed by atoms with Crippen LogP contribution >= 0.6 is 11.3 Å². The predicted molar refractivity (Wildman–Crippen MR) is 110 cm³/mol. The van der Waals surface area contributed by atoms with E-state index in [9.17, 15) is 4.79 Å². The summed E-state index contributed by atoms with van der Waals surface area (Å²) in [5.41, 5.74) is 0.561. The van der Waals surface area contributed by atoms with Crippen molar-refractivity contribution in [3.05, 3.63) is 35.0 Å². The molecule has 0 saturated carbocycles. The summed E-state index contributed by atoms with van der Waals surface area (Å²) in [6, 6.07) is 5.98. The number of nitrogens with zero attached hydrogens (tertiary/aromatic N) is 4.